The van der Waals surface area contributed by atoms with E-state index in [1.807, 2.05) is 0 Å². The van der Waals surface area contributed by atoms with Gasteiger partial charge in [0, 0.05) is 0 Å². The van der Waals surface area contributed by atoms with E-state index in [0.717, 1.165) is 0 Å². The zero-order valence-electron chi connectivity index (χ0n) is 16.5. The molecule has 0 unspecified atom stereocenters. The lowest BCUT2D eigenvalue weighted by Crippen LogP contribution is -2.72. The molecule has 0 aliphatic carbocycles. The number of anilines is 1. The molecule has 0 radical (unpaired) electrons. The minimum atomic E-state index is -8.76. The summed E-state index contributed by atoms with van der Waals surface area (Å²) in [7, 11) is -8.53. The van der Waals surface area contributed by atoms with Gasteiger partial charge in [-0.25, -0.2) is 26.3 Å². The molecule has 0 fully saturated rings. The first-order valence-electron chi connectivity index (χ1n) is 8.19. The quantitative estimate of drug-likeness (QED) is 0.231. The second kappa shape index (κ2) is 9.14. The summed E-state index contributed by atoms with van der Waals surface area (Å²) in [5.41, 5.74) is -3.41. The van der Waals surface area contributed by atoms with Crippen LogP contribution in [0.5, 0.6) is 0 Å². The summed E-state index contributed by atoms with van der Waals surface area (Å²) < 4.78 is 261. The molecule has 1 aromatic carbocycles. The van der Waals surface area contributed by atoms with Crippen LogP contribution in [0.15, 0.2) is 0 Å². The summed E-state index contributed by atoms with van der Waals surface area (Å²) >= 11 is 0. The van der Waals surface area contributed by atoms with Gasteiger partial charge >= 0.3 is 51.1 Å². The predicted molar refractivity (Wildman–Crippen MR) is 80.9 cm³/mol. The van der Waals surface area contributed by atoms with Gasteiger partial charge in [0.25, 0.3) is 0 Å². The number of benzene rings is 1. The molecule has 5 nitrogen and oxygen atoms in total. The zero-order valence-corrected chi connectivity index (χ0v) is 17.4. The lowest BCUT2D eigenvalue weighted by molar-refractivity contribution is -0.433. The SMILES string of the molecule is O=C(O)CN(c1c(F)c(F)c(F)c(F)c1F)S(=O)(=O)C(F)(F)C(F)(F)C(F)(F)C(F)(F)C(F)(F)C(F)(F)F. The number of sulfonamides is 1. The van der Waals surface area contributed by atoms with Crippen LogP contribution in [0.2, 0.25) is 0 Å². The van der Waals surface area contributed by atoms with Gasteiger partial charge in [-0.15, -0.1) is 0 Å². The van der Waals surface area contributed by atoms with Crippen molar-refractivity contribution in [1.29, 1.82) is 0 Å². The molecule has 0 saturated carbocycles. The van der Waals surface area contributed by atoms with Gasteiger partial charge in [-0.05, 0) is 0 Å². The fourth-order valence-electron chi connectivity index (χ4n) is 2.27. The summed E-state index contributed by atoms with van der Waals surface area (Å²) in [6.45, 7) is -3.13. The third kappa shape index (κ3) is 4.32. The van der Waals surface area contributed by atoms with E-state index in [2.05, 4.69) is 0 Å². The molecule has 0 atom stereocenters. The second-order valence-corrected chi connectivity index (χ2v) is 8.54. The maximum Gasteiger partial charge on any atom is 0.460 e. The number of hydrogen-bond donors (Lipinski definition) is 1. The van der Waals surface area contributed by atoms with Crippen molar-refractivity contribution in [3.63, 3.8) is 0 Å². The van der Waals surface area contributed by atoms with Gasteiger partial charge in [-0.1, -0.05) is 0 Å². The number of carboxylic acid groups (broad SMARTS) is 1. The highest BCUT2D eigenvalue weighted by Crippen LogP contribution is 2.61. The Hall–Kier alpha value is -2.82. The standard InChI is InChI=1S/C14H3F18NO4S/c15-3-4(16)6(18)8(7(19)5(3)17)33(1-2(34)35)38(36,37)14(31,32)12(26,27)10(22,23)9(20,21)11(24,25)13(28,29)30/h1H2,(H,34,35). The number of aliphatic carboxylic acids is 1. The number of halogens is 18. The molecule has 1 rings (SSSR count). The van der Waals surface area contributed by atoms with Crippen molar-refractivity contribution in [2.24, 2.45) is 0 Å². The number of hydrogen-bond acceptors (Lipinski definition) is 3. The van der Waals surface area contributed by atoms with E-state index < -0.39 is 96.7 Å². The van der Waals surface area contributed by atoms with E-state index >= 15 is 0 Å². The molecule has 0 bridgehead atoms. The van der Waals surface area contributed by atoms with Gasteiger partial charge in [0.15, 0.2) is 23.3 Å². The molecule has 0 saturated heterocycles. The van der Waals surface area contributed by atoms with E-state index in [4.69, 9.17) is 5.11 Å². The Morgan fingerprint density at radius 3 is 1.24 bits per heavy atom. The Morgan fingerprint density at radius 1 is 0.605 bits per heavy atom. The van der Waals surface area contributed by atoms with Crippen molar-refractivity contribution >= 4 is 21.7 Å². The Kier molecular flexibility index (Phi) is 7.98. The van der Waals surface area contributed by atoms with Gasteiger partial charge in [0.2, 0.25) is 5.82 Å². The number of carbonyl (C=O) groups is 1. The van der Waals surface area contributed by atoms with Crippen molar-refractivity contribution in [2.75, 3.05) is 10.8 Å². The molecule has 0 spiro atoms. The summed E-state index contributed by atoms with van der Waals surface area (Å²) in [5, 5.41) is 0.254. The highest BCUT2D eigenvalue weighted by molar-refractivity contribution is 7.93. The number of nitrogens with zero attached hydrogens (tertiary/aromatic N) is 1. The van der Waals surface area contributed by atoms with E-state index in [-0.39, 0.29) is 0 Å². The second-order valence-electron chi connectivity index (χ2n) is 6.64. The molecule has 1 aromatic rings. The van der Waals surface area contributed by atoms with Gasteiger partial charge in [0.1, 0.15) is 12.2 Å². The minimum absolute atomic E-state index is 2.43. The van der Waals surface area contributed by atoms with Crippen molar-refractivity contribution in [3.8, 4) is 0 Å². The van der Waals surface area contributed by atoms with Crippen LogP contribution >= 0.6 is 0 Å². The average Bonchev–Trinajstić information content (AvgIpc) is 2.73. The fourth-order valence-corrected chi connectivity index (χ4v) is 3.68. The lowest BCUT2D eigenvalue weighted by Gasteiger charge is -2.40. The van der Waals surface area contributed by atoms with Crippen molar-refractivity contribution < 1.29 is 97.3 Å². The maximum absolute atomic E-state index is 14.2. The van der Waals surface area contributed by atoms with Crippen LogP contribution in [0, 0.1) is 29.1 Å². The third-order valence-corrected chi connectivity index (χ3v) is 6.03. The molecule has 0 heterocycles. The topological polar surface area (TPSA) is 74.7 Å². The molecule has 1 N–H and O–H groups in total. The molecule has 0 aliphatic heterocycles. The van der Waals surface area contributed by atoms with Gasteiger partial charge in [0.05, 0.1) is 0 Å². The van der Waals surface area contributed by atoms with Gasteiger partial charge < -0.3 is 5.11 Å². The van der Waals surface area contributed by atoms with E-state index in [9.17, 15) is 92.2 Å². The van der Waals surface area contributed by atoms with Crippen molar-refractivity contribution in [1.82, 2.24) is 0 Å². The Bertz CT molecular complexity index is 1200. The van der Waals surface area contributed by atoms with Crippen molar-refractivity contribution in [2.45, 2.75) is 35.1 Å². The first-order valence-corrected chi connectivity index (χ1v) is 9.63. The highest BCUT2D eigenvalue weighted by Gasteiger charge is 2.92. The van der Waals surface area contributed by atoms with Crippen LogP contribution in [0.25, 0.3) is 0 Å². The normalized spacial score (nSPS) is 14.6. The molecule has 0 amide bonds. The first-order chi connectivity index (χ1) is 16.5. The number of rotatable bonds is 9. The largest absolute Gasteiger partial charge is 0.480 e. The predicted octanol–water partition coefficient (Wildman–Crippen LogP) is 5.30. The molecule has 0 aliphatic rings. The summed E-state index contributed by atoms with van der Waals surface area (Å²) in [4.78, 5) is 10.7. The molecule has 38 heavy (non-hydrogen) atoms. The monoisotopic (exact) mass is 623 g/mol. The summed E-state index contributed by atoms with van der Waals surface area (Å²) in [5.74, 6) is -54.5. The molecule has 24 heteroatoms. The molecule has 0 aromatic heterocycles. The molecule has 220 valence electrons. The smallest absolute Gasteiger partial charge is 0.460 e. The summed E-state index contributed by atoms with van der Waals surface area (Å²) in [6.07, 6.45) is -7.89. The number of alkyl halides is 13. The first kappa shape index (κ1) is 33.2. The van der Waals surface area contributed by atoms with E-state index in [1.54, 1.807) is 0 Å². The minimum Gasteiger partial charge on any atom is -0.480 e. The van der Waals surface area contributed by atoms with Crippen LogP contribution in [0.4, 0.5) is 84.7 Å². The van der Waals surface area contributed by atoms with Crippen molar-refractivity contribution in [3.05, 3.63) is 29.1 Å². The van der Waals surface area contributed by atoms with Crippen LogP contribution in [0.3, 0.4) is 0 Å². The van der Waals surface area contributed by atoms with E-state index in [1.165, 1.54) is 0 Å². The molecular weight excluding hydrogens is 620 g/mol. The number of carboxylic acids is 1. The Balaban J connectivity index is 4.06. The van der Waals surface area contributed by atoms with Crippen LogP contribution in [-0.4, -0.2) is 61.2 Å². The summed E-state index contributed by atoms with van der Waals surface area (Å²) in [6, 6.07) is 0. The average molecular weight is 623 g/mol. The van der Waals surface area contributed by atoms with Gasteiger partial charge in [-0.3, -0.25) is 4.79 Å². The Morgan fingerprint density at radius 2 is 0.921 bits per heavy atom. The zero-order chi connectivity index (χ0) is 30.8. The van der Waals surface area contributed by atoms with Gasteiger partial charge in [-0.2, -0.15) is 65.5 Å². The lowest BCUT2D eigenvalue weighted by atomic mass is 9.98. The van der Waals surface area contributed by atoms with Crippen LogP contribution < -0.4 is 4.31 Å². The maximum atomic E-state index is 14.2. The fraction of sp³-hybridized carbons (Fsp3) is 0.500. The van der Waals surface area contributed by atoms with Crippen LogP contribution in [0.1, 0.15) is 0 Å². The van der Waals surface area contributed by atoms with Crippen LogP contribution in [-0.2, 0) is 14.8 Å². The Labute approximate surface area is 195 Å². The molecular formula is C14H3F18NO4S. The third-order valence-electron chi connectivity index (χ3n) is 4.23. The highest BCUT2D eigenvalue weighted by atomic mass is 32.2. The van der Waals surface area contributed by atoms with E-state index in [0.29, 0.717) is 0 Å².